The smallest absolute Gasteiger partial charge is 0.320 e. The van der Waals surface area contributed by atoms with Crippen molar-refractivity contribution in [2.75, 3.05) is 32.8 Å². The van der Waals surface area contributed by atoms with E-state index in [1.54, 1.807) is 41.9 Å². The molecule has 16 heteroatoms. The molecule has 55 heavy (non-hydrogen) atoms. The zero-order chi connectivity index (χ0) is 38.9. The first kappa shape index (κ1) is 39.6. The van der Waals surface area contributed by atoms with E-state index in [0.717, 1.165) is 35.2 Å². The van der Waals surface area contributed by atoms with E-state index in [4.69, 9.17) is 29.8 Å². The molecular weight excluding hydrogens is 712 g/mol. The Bertz CT molecular complexity index is 2010. The summed E-state index contributed by atoms with van der Waals surface area (Å²) >= 11 is 0. The second kappa shape index (κ2) is 18.5. The van der Waals surface area contributed by atoms with E-state index in [9.17, 15) is 13.6 Å². The van der Waals surface area contributed by atoms with Crippen LogP contribution >= 0.6 is 0 Å². The van der Waals surface area contributed by atoms with E-state index in [-0.39, 0.29) is 30.4 Å². The molecule has 14 nitrogen and oxygen atoms in total. The van der Waals surface area contributed by atoms with Crippen LogP contribution in [0.3, 0.4) is 0 Å². The number of aromatic nitrogens is 6. The summed E-state index contributed by atoms with van der Waals surface area (Å²) in [6.07, 6.45) is 8.44. The first-order valence-electron chi connectivity index (χ1n) is 18.1. The number of para-hydroxylation sites is 1. The third-order valence-corrected chi connectivity index (χ3v) is 9.58. The minimum absolute atomic E-state index is 0.0891. The summed E-state index contributed by atoms with van der Waals surface area (Å²) in [5, 5.41) is 15.1. The van der Waals surface area contributed by atoms with Crippen molar-refractivity contribution in [3.05, 3.63) is 108 Å². The van der Waals surface area contributed by atoms with Crippen molar-refractivity contribution < 1.29 is 32.5 Å². The lowest BCUT2D eigenvalue weighted by atomic mass is 10.0. The molecule has 4 aromatic heterocycles. The van der Waals surface area contributed by atoms with Crippen molar-refractivity contribution in [3.8, 4) is 16.9 Å². The molecule has 1 aromatic carbocycles. The van der Waals surface area contributed by atoms with Crippen LogP contribution in [0.2, 0.25) is 0 Å². The maximum atomic E-state index is 13.9. The number of carbonyl (C=O) groups excluding carboxylic acids is 1. The van der Waals surface area contributed by atoms with E-state index in [2.05, 4.69) is 25.7 Å². The van der Waals surface area contributed by atoms with Gasteiger partial charge in [-0.05, 0) is 80.1 Å². The third-order valence-electron chi connectivity index (χ3n) is 9.58. The van der Waals surface area contributed by atoms with Gasteiger partial charge in [0.1, 0.15) is 17.6 Å². The summed E-state index contributed by atoms with van der Waals surface area (Å²) in [4.78, 5) is 20.5. The van der Waals surface area contributed by atoms with Gasteiger partial charge < -0.3 is 30.0 Å². The summed E-state index contributed by atoms with van der Waals surface area (Å²) in [5.41, 5.74) is 10.5. The summed E-state index contributed by atoms with van der Waals surface area (Å²) in [7, 11) is 5.13. The number of rotatable bonds is 12. The molecule has 2 aliphatic rings. The number of pyridine rings is 2. The Morgan fingerprint density at radius 3 is 2.15 bits per heavy atom. The Balaban J connectivity index is 0.000000252. The van der Waals surface area contributed by atoms with Crippen molar-refractivity contribution in [1.29, 1.82) is 0 Å². The van der Waals surface area contributed by atoms with Crippen molar-refractivity contribution in [2.24, 2.45) is 12.8 Å². The monoisotopic (exact) mass is 759 g/mol. The van der Waals surface area contributed by atoms with Crippen LogP contribution in [0, 0.1) is 18.8 Å². The van der Waals surface area contributed by atoms with E-state index in [1.165, 1.54) is 24.5 Å². The number of urea groups is 1. The number of anilines is 1. The van der Waals surface area contributed by atoms with Crippen LogP contribution in [-0.2, 0) is 26.0 Å². The van der Waals surface area contributed by atoms with Crippen LogP contribution in [0.1, 0.15) is 54.6 Å². The van der Waals surface area contributed by atoms with Crippen molar-refractivity contribution in [2.45, 2.75) is 69.1 Å². The molecule has 6 heterocycles. The summed E-state index contributed by atoms with van der Waals surface area (Å²) < 4.78 is 52.6. The zero-order valence-corrected chi connectivity index (χ0v) is 31.3. The van der Waals surface area contributed by atoms with Gasteiger partial charge in [-0.3, -0.25) is 10.00 Å². The van der Waals surface area contributed by atoms with Gasteiger partial charge in [0.2, 0.25) is 11.9 Å². The maximum absolute atomic E-state index is 13.9. The molecule has 4 N–H and O–H groups in total. The van der Waals surface area contributed by atoms with Gasteiger partial charge >= 0.3 is 6.03 Å². The predicted octanol–water partition coefficient (Wildman–Crippen LogP) is 5.59. The lowest BCUT2D eigenvalue weighted by molar-refractivity contribution is 0.0210. The van der Waals surface area contributed by atoms with Gasteiger partial charge in [-0.1, -0.05) is 18.2 Å². The van der Waals surface area contributed by atoms with Crippen LogP contribution in [0.5, 0.6) is 0 Å². The Morgan fingerprint density at radius 1 is 0.927 bits per heavy atom. The number of methoxy groups -OCH3 is 2. The normalized spacial score (nSPS) is 21.9. The van der Waals surface area contributed by atoms with Crippen LogP contribution in [0.15, 0.2) is 79.4 Å². The number of hydrogen-bond donors (Lipinski definition) is 3. The molecule has 2 fully saturated rings. The largest absolute Gasteiger partial charge is 0.385 e. The number of amides is 2. The number of nitrogens with two attached hydrogens (primary N) is 1. The van der Waals surface area contributed by atoms with E-state index in [0.29, 0.717) is 43.1 Å². The second-order valence-electron chi connectivity index (χ2n) is 13.6. The summed E-state index contributed by atoms with van der Waals surface area (Å²) in [5.74, 6) is -0.562. The third kappa shape index (κ3) is 9.95. The Morgan fingerprint density at radius 2 is 1.55 bits per heavy atom. The standard InChI is InChI=1S/C27H30FN7O3.C12H17FN2O2/c1-17-24(19-15-30-34(2)16-19)33-35(20-7-5-4-6-8-20)26(17)32-27(36)31-22-14-21(10-12-37-3)38-25(22)18-9-11-29-23(28)13-18;1-16-5-3-9-7-10(14)12(17-9)8-2-4-15-11(13)6-8/h4-9,11,13,15-16,21-22,25H,10,12,14H2,1-3H3,(H2,31,32,36);2,4,6,9-10,12H,3,5,7,14H2,1H3/t21-,22-,25+;9-,10-,12+/m11/s1. The van der Waals surface area contributed by atoms with E-state index >= 15 is 0 Å². The van der Waals surface area contributed by atoms with Gasteiger partial charge in [-0.25, -0.2) is 19.4 Å². The molecule has 0 radical (unpaired) electrons. The molecule has 2 saturated heterocycles. The van der Waals surface area contributed by atoms with Crippen molar-refractivity contribution >= 4 is 11.8 Å². The molecule has 6 atom stereocenters. The fourth-order valence-corrected chi connectivity index (χ4v) is 6.91. The fourth-order valence-electron chi connectivity index (χ4n) is 6.91. The van der Waals surface area contributed by atoms with Gasteiger partial charge in [-0.2, -0.15) is 19.0 Å². The van der Waals surface area contributed by atoms with Crippen LogP contribution in [0.25, 0.3) is 16.9 Å². The lowest BCUT2D eigenvalue weighted by Gasteiger charge is -2.21. The number of nitrogens with one attached hydrogen (secondary N) is 2. The number of halogens is 2. The quantitative estimate of drug-likeness (QED) is 0.137. The van der Waals surface area contributed by atoms with Crippen LogP contribution < -0.4 is 16.4 Å². The number of hydrogen-bond acceptors (Lipinski definition) is 10. The molecule has 7 rings (SSSR count). The summed E-state index contributed by atoms with van der Waals surface area (Å²) in [6, 6.07) is 14.8. The number of ether oxygens (including phenoxy) is 4. The van der Waals surface area contributed by atoms with Crippen molar-refractivity contribution in [3.63, 3.8) is 0 Å². The maximum Gasteiger partial charge on any atom is 0.320 e. The highest BCUT2D eigenvalue weighted by atomic mass is 19.1. The Labute approximate surface area is 318 Å². The highest BCUT2D eigenvalue weighted by Gasteiger charge is 2.38. The number of benzene rings is 1. The number of nitrogens with zero attached hydrogens (tertiary/aromatic N) is 6. The van der Waals surface area contributed by atoms with Crippen LogP contribution in [0.4, 0.5) is 19.4 Å². The SMILES string of the molecule is COCC[C@@H]1C[C@@H](N)[C@H](c2ccnc(F)c2)O1.COCC[C@@H]1C[C@@H](NC(=O)Nc2c(C)c(-c3cnn(C)c3)nn2-c2ccccc2)[C@H](c2ccnc(F)c2)O1. The lowest BCUT2D eigenvalue weighted by Crippen LogP contribution is -2.40. The minimum atomic E-state index is -0.597. The van der Waals surface area contributed by atoms with E-state index in [1.807, 2.05) is 50.5 Å². The summed E-state index contributed by atoms with van der Waals surface area (Å²) in [6.45, 7) is 3.08. The molecule has 0 aliphatic carbocycles. The van der Waals surface area contributed by atoms with Crippen LogP contribution in [-0.4, -0.2) is 87.3 Å². The molecule has 0 bridgehead atoms. The second-order valence-corrected chi connectivity index (χ2v) is 13.6. The fraction of sp³-hybridized carbons (Fsp3) is 0.410. The zero-order valence-electron chi connectivity index (χ0n) is 31.3. The van der Waals surface area contributed by atoms with Gasteiger partial charge in [0.05, 0.1) is 36.2 Å². The molecule has 0 spiro atoms. The number of aryl methyl sites for hydroxylation is 1. The number of carbonyl (C=O) groups is 1. The average Bonchev–Trinajstić information content (AvgIpc) is 3.96. The van der Waals surface area contributed by atoms with E-state index < -0.39 is 24.0 Å². The van der Waals surface area contributed by atoms with Gasteiger partial charge in [-0.15, -0.1) is 0 Å². The molecule has 2 amide bonds. The topological polar surface area (TPSA) is 165 Å². The van der Waals surface area contributed by atoms with Gasteiger partial charge in [0, 0.05) is 70.2 Å². The molecular formula is C39H47F2N9O5. The minimum Gasteiger partial charge on any atom is -0.385 e. The Hall–Kier alpha value is -5.13. The van der Waals surface area contributed by atoms with Gasteiger partial charge in [0.15, 0.2) is 0 Å². The van der Waals surface area contributed by atoms with Crippen molar-refractivity contribution in [1.82, 2.24) is 34.8 Å². The molecule has 292 valence electrons. The molecule has 2 aliphatic heterocycles. The predicted molar refractivity (Wildman–Crippen MR) is 200 cm³/mol. The first-order chi connectivity index (χ1) is 26.6. The Kier molecular flexibility index (Phi) is 13.3. The molecule has 5 aromatic rings. The van der Waals surface area contributed by atoms with Gasteiger partial charge in [0.25, 0.3) is 0 Å². The molecule has 0 saturated carbocycles. The highest BCUT2D eigenvalue weighted by molar-refractivity contribution is 5.91. The first-order valence-corrected chi connectivity index (χ1v) is 18.1. The average molecular weight is 760 g/mol. The highest BCUT2D eigenvalue weighted by Crippen LogP contribution is 2.36. The molecule has 0 unspecified atom stereocenters.